The van der Waals surface area contributed by atoms with Gasteiger partial charge in [-0.25, -0.2) is 4.79 Å². The van der Waals surface area contributed by atoms with Gasteiger partial charge in [0.05, 0.1) is 0 Å². The maximum absolute atomic E-state index is 12.8. The summed E-state index contributed by atoms with van der Waals surface area (Å²) in [5.74, 6) is 0. The minimum Gasteiger partial charge on any atom is -0.369 e. The fourth-order valence-electron chi connectivity index (χ4n) is 6.83. The summed E-state index contributed by atoms with van der Waals surface area (Å²) in [5, 5.41) is 20.9. The van der Waals surface area contributed by atoms with E-state index in [0.717, 1.165) is 25.7 Å². The molecule has 0 aromatic rings. The maximum Gasteiger partial charge on any atom is 0.324 e. The number of unbranched alkanes of at least 4 members (excludes halogenated alkanes) is 30. The molecule has 2 unspecified atom stereocenters. The van der Waals surface area contributed by atoms with E-state index in [1.807, 2.05) is 0 Å². The van der Waals surface area contributed by atoms with Gasteiger partial charge < -0.3 is 10.2 Å². The van der Waals surface area contributed by atoms with Crippen molar-refractivity contribution in [1.82, 2.24) is 9.80 Å². The highest BCUT2D eigenvalue weighted by Crippen LogP contribution is 2.22. The zero-order chi connectivity index (χ0) is 31.9. The van der Waals surface area contributed by atoms with Crippen molar-refractivity contribution < 1.29 is 15.0 Å². The van der Waals surface area contributed by atoms with Crippen LogP contribution in [0.25, 0.3) is 0 Å². The van der Waals surface area contributed by atoms with Gasteiger partial charge in [0.2, 0.25) is 0 Å². The van der Waals surface area contributed by atoms with E-state index >= 15 is 0 Å². The molecule has 0 radical (unpaired) electrons. The molecule has 0 aromatic heterocycles. The number of aliphatic hydroxyl groups excluding tert-OH is 2. The largest absolute Gasteiger partial charge is 0.369 e. The van der Waals surface area contributed by atoms with Crippen LogP contribution < -0.4 is 0 Å². The minimum absolute atomic E-state index is 0.188. The van der Waals surface area contributed by atoms with Gasteiger partial charge in [-0.15, -0.1) is 0 Å². The summed E-state index contributed by atoms with van der Waals surface area (Å²) in [5.41, 5.74) is 0. The number of rotatable bonds is 34. The normalized spacial score (nSPS) is 17.0. The summed E-state index contributed by atoms with van der Waals surface area (Å²) in [7, 11) is 0. The Kier molecular flexibility index (Phi) is 28.9. The molecule has 262 valence electrons. The maximum atomic E-state index is 12.8. The first-order chi connectivity index (χ1) is 21.6. The number of urea groups is 1. The van der Waals surface area contributed by atoms with E-state index < -0.39 is 12.5 Å². The zero-order valence-electron chi connectivity index (χ0n) is 29.9. The first-order valence-corrected chi connectivity index (χ1v) is 20.1. The molecule has 1 aliphatic rings. The van der Waals surface area contributed by atoms with E-state index in [9.17, 15) is 15.0 Å². The molecule has 0 aromatic carbocycles. The molecule has 0 saturated carbocycles. The van der Waals surface area contributed by atoms with Gasteiger partial charge >= 0.3 is 6.03 Å². The van der Waals surface area contributed by atoms with Gasteiger partial charge in [0.25, 0.3) is 0 Å². The average molecular weight is 623 g/mol. The number of hydrogen-bond acceptors (Lipinski definition) is 3. The Morgan fingerprint density at radius 3 is 0.750 bits per heavy atom. The fourth-order valence-corrected chi connectivity index (χ4v) is 6.83. The summed E-state index contributed by atoms with van der Waals surface area (Å²) in [6, 6.07) is -0.188. The predicted octanol–water partition coefficient (Wildman–Crippen LogP) is 11.9. The van der Waals surface area contributed by atoms with E-state index in [4.69, 9.17) is 0 Å². The Balaban J connectivity index is 1.92. The molecule has 1 fully saturated rings. The second kappa shape index (κ2) is 30.8. The van der Waals surface area contributed by atoms with Crippen molar-refractivity contribution in [2.45, 2.75) is 232 Å². The minimum atomic E-state index is -1.08. The number of hydrogen-bond donors (Lipinski definition) is 2. The molecule has 5 heteroatoms. The van der Waals surface area contributed by atoms with Crippen LogP contribution >= 0.6 is 0 Å². The average Bonchev–Trinajstić information content (AvgIpc) is 3.22. The van der Waals surface area contributed by atoms with Crippen molar-refractivity contribution >= 4 is 6.03 Å². The molecule has 2 atom stereocenters. The van der Waals surface area contributed by atoms with Crippen molar-refractivity contribution in [2.75, 3.05) is 13.1 Å². The summed E-state index contributed by atoms with van der Waals surface area (Å²) in [6.45, 7) is 5.66. The van der Waals surface area contributed by atoms with E-state index in [1.54, 1.807) is 0 Å². The third kappa shape index (κ3) is 21.8. The second-order valence-corrected chi connectivity index (χ2v) is 14.1. The van der Waals surface area contributed by atoms with Crippen molar-refractivity contribution in [1.29, 1.82) is 0 Å². The van der Waals surface area contributed by atoms with Crippen molar-refractivity contribution in [3.63, 3.8) is 0 Å². The van der Waals surface area contributed by atoms with E-state index in [2.05, 4.69) is 13.8 Å². The standard InChI is InChI=1S/C39H78N2O3/c1-3-5-7-9-11-13-15-17-19-21-23-25-27-29-31-33-35-40-37(42)38(43)41(39(40)44)36-34-32-30-28-26-24-22-20-18-16-14-12-10-8-6-4-2/h37-38,42-43H,3-36H2,1-2H3. The third-order valence-corrected chi connectivity index (χ3v) is 9.90. The van der Waals surface area contributed by atoms with Gasteiger partial charge in [-0.2, -0.15) is 0 Å². The number of amides is 2. The molecule has 1 heterocycles. The predicted molar refractivity (Wildman–Crippen MR) is 190 cm³/mol. The lowest BCUT2D eigenvalue weighted by atomic mass is 10.0. The summed E-state index contributed by atoms with van der Waals surface area (Å²) in [4.78, 5) is 15.8. The smallest absolute Gasteiger partial charge is 0.324 e. The molecule has 1 aliphatic heterocycles. The highest BCUT2D eigenvalue weighted by molar-refractivity contribution is 5.77. The number of aliphatic hydroxyl groups is 2. The molecule has 0 aliphatic carbocycles. The monoisotopic (exact) mass is 623 g/mol. The van der Waals surface area contributed by atoms with Gasteiger partial charge in [0.15, 0.2) is 12.5 Å². The van der Waals surface area contributed by atoms with Crippen LogP contribution in [0.3, 0.4) is 0 Å². The Labute approximate surface area is 275 Å². The first kappa shape index (κ1) is 41.2. The van der Waals surface area contributed by atoms with Crippen LogP contribution in [0.1, 0.15) is 219 Å². The molecule has 1 saturated heterocycles. The summed E-state index contributed by atoms with van der Waals surface area (Å²) < 4.78 is 0. The zero-order valence-corrected chi connectivity index (χ0v) is 29.9. The Morgan fingerprint density at radius 1 is 0.364 bits per heavy atom. The lowest BCUT2D eigenvalue weighted by Crippen LogP contribution is -2.37. The van der Waals surface area contributed by atoms with Crippen LogP contribution in [0.4, 0.5) is 4.79 Å². The molecule has 0 spiro atoms. The quantitative estimate of drug-likeness (QED) is 0.0702. The SMILES string of the molecule is CCCCCCCCCCCCCCCCCCN1C(=O)N(CCCCCCCCCCCCCCCCCC)C(O)C1O. The molecule has 2 N–H and O–H groups in total. The second-order valence-electron chi connectivity index (χ2n) is 14.1. The molecular formula is C39H78N2O3. The van der Waals surface area contributed by atoms with Gasteiger partial charge in [0.1, 0.15) is 0 Å². The van der Waals surface area contributed by atoms with Crippen molar-refractivity contribution in [3.8, 4) is 0 Å². The number of nitrogens with zero attached hydrogens (tertiary/aromatic N) is 2. The first-order valence-electron chi connectivity index (χ1n) is 20.1. The molecule has 5 nitrogen and oxygen atoms in total. The lowest BCUT2D eigenvalue weighted by molar-refractivity contribution is -0.0665. The van der Waals surface area contributed by atoms with Crippen LogP contribution in [0, 0.1) is 0 Å². The van der Waals surface area contributed by atoms with E-state index in [1.165, 1.54) is 190 Å². The van der Waals surface area contributed by atoms with Crippen LogP contribution in [0.2, 0.25) is 0 Å². The van der Waals surface area contributed by atoms with Crippen LogP contribution in [-0.2, 0) is 0 Å². The van der Waals surface area contributed by atoms with Gasteiger partial charge in [-0.1, -0.05) is 206 Å². The van der Waals surface area contributed by atoms with Crippen molar-refractivity contribution in [3.05, 3.63) is 0 Å². The molecule has 1 rings (SSSR count). The third-order valence-electron chi connectivity index (χ3n) is 9.90. The topological polar surface area (TPSA) is 64.0 Å². The van der Waals surface area contributed by atoms with Gasteiger partial charge in [0, 0.05) is 13.1 Å². The van der Waals surface area contributed by atoms with Gasteiger partial charge in [-0.3, -0.25) is 9.80 Å². The number of carbonyl (C=O) groups excluding carboxylic acids is 1. The Bertz CT molecular complexity index is 566. The van der Waals surface area contributed by atoms with Crippen molar-refractivity contribution in [2.24, 2.45) is 0 Å². The van der Waals surface area contributed by atoms with Crippen LogP contribution in [0.15, 0.2) is 0 Å². The summed E-state index contributed by atoms with van der Waals surface area (Å²) in [6.07, 6.45) is 40.1. The lowest BCUT2D eigenvalue weighted by Gasteiger charge is -2.19. The van der Waals surface area contributed by atoms with Crippen LogP contribution in [-0.4, -0.2) is 51.6 Å². The molecule has 2 amide bonds. The van der Waals surface area contributed by atoms with Gasteiger partial charge in [-0.05, 0) is 12.8 Å². The highest BCUT2D eigenvalue weighted by Gasteiger charge is 2.43. The molecular weight excluding hydrogens is 544 g/mol. The Hall–Kier alpha value is -0.810. The molecule has 0 bridgehead atoms. The summed E-state index contributed by atoms with van der Waals surface area (Å²) >= 11 is 0. The fraction of sp³-hybridized carbons (Fsp3) is 0.974. The Morgan fingerprint density at radius 2 is 0.545 bits per heavy atom. The van der Waals surface area contributed by atoms with E-state index in [-0.39, 0.29) is 6.03 Å². The number of carbonyl (C=O) groups is 1. The highest BCUT2D eigenvalue weighted by atomic mass is 16.4. The molecule has 44 heavy (non-hydrogen) atoms. The van der Waals surface area contributed by atoms with Crippen LogP contribution in [0.5, 0.6) is 0 Å². The van der Waals surface area contributed by atoms with E-state index in [0.29, 0.717) is 13.1 Å².